The van der Waals surface area contributed by atoms with Crippen LogP contribution < -0.4 is 16.6 Å². The molecule has 1 rings (SSSR count). The van der Waals surface area contributed by atoms with Crippen molar-refractivity contribution in [3.05, 3.63) is 20.8 Å². The van der Waals surface area contributed by atoms with Gasteiger partial charge in [-0.2, -0.15) is 0 Å². The van der Waals surface area contributed by atoms with E-state index in [0.29, 0.717) is 6.42 Å². The van der Waals surface area contributed by atoms with E-state index >= 15 is 0 Å². The number of rotatable bonds is 5. The summed E-state index contributed by atoms with van der Waals surface area (Å²) in [7, 11) is 2.89. The monoisotopic (exact) mass is 242 g/mol. The Balaban J connectivity index is 3.07. The first-order chi connectivity index (χ1) is 8.01. The molecule has 0 saturated carbocycles. The third kappa shape index (κ3) is 2.94. The second kappa shape index (κ2) is 5.62. The van der Waals surface area contributed by atoms with Crippen molar-refractivity contribution in [1.82, 2.24) is 14.3 Å². The fraction of sp³-hybridized carbons (Fsp3) is 0.700. The van der Waals surface area contributed by atoms with Gasteiger partial charge in [-0.3, -0.25) is 9.36 Å². The molecule has 0 amide bonds. The van der Waals surface area contributed by atoms with Gasteiger partial charge in [0.2, 0.25) is 5.82 Å². The highest BCUT2D eigenvalue weighted by molar-refractivity contribution is 5.30. The van der Waals surface area contributed by atoms with Gasteiger partial charge in [0.25, 0.3) is 5.56 Å². The van der Waals surface area contributed by atoms with Crippen molar-refractivity contribution >= 4 is 5.82 Å². The number of aliphatic hydroxyl groups is 1. The van der Waals surface area contributed by atoms with E-state index in [4.69, 9.17) is 5.11 Å². The highest BCUT2D eigenvalue weighted by Crippen LogP contribution is 2.03. The standard InChI is InChI=1S/C10H18N4O3/c1-4-7(5-6-15)11-8-9(16)13(2)10(17)14(3)12-8/h7,15H,4-6H2,1-3H3,(H,11,12). The first-order valence-corrected chi connectivity index (χ1v) is 5.53. The van der Waals surface area contributed by atoms with Crippen molar-refractivity contribution in [2.24, 2.45) is 14.1 Å². The SMILES string of the molecule is CCC(CCO)Nc1nn(C)c(=O)n(C)c1=O. The molecule has 0 aliphatic carbocycles. The molecule has 0 spiro atoms. The van der Waals surface area contributed by atoms with Gasteiger partial charge in [0.15, 0.2) is 0 Å². The normalized spacial score (nSPS) is 12.5. The van der Waals surface area contributed by atoms with Crippen molar-refractivity contribution in [3.8, 4) is 0 Å². The maximum atomic E-state index is 11.8. The summed E-state index contributed by atoms with van der Waals surface area (Å²) >= 11 is 0. The summed E-state index contributed by atoms with van der Waals surface area (Å²) in [5.41, 5.74) is -0.916. The Labute approximate surface area is 98.7 Å². The number of nitrogens with one attached hydrogen (secondary N) is 1. The van der Waals surface area contributed by atoms with E-state index in [0.717, 1.165) is 15.7 Å². The average Bonchev–Trinajstić information content (AvgIpc) is 2.32. The van der Waals surface area contributed by atoms with Crippen LogP contribution in [0.3, 0.4) is 0 Å². The summed E-state index contributed by atoms with van der Waals surface area (Å²) in [5.74, 6) is 0.134. The Morgan fingerprint density at radius 3 is 2.59 bits per heavy atom. The van der Waals surface area contributed by atoms with Gasteiger partial charge in [0.05, 0.1) is 0 Å². The third-order valence-corrected chi connectivity index (χ3v) is 2.63. The van der Waals surface area contributed by atoms with E-state index in [1.807, 2.05) is 6.92 Å². The molecule has 0 aliphatic rings. The van der Waals surface area contributed by atoms with Crippen molar-refractivity contribution in [1.29, 1.82) is 0 Å². The Kier molecular flexibility index (Phi) is 4.45. The van der Waals surface area contributed by atoms with Gasteiger partial charge in [0.1, 0.15) is 0 Å². The molecular weight excluding hydrogens is 224 g/mol. The zero-order chi connectivity index (χ0) is 13.0. The molecule has 1 heterocycles. The summed E-state index contributed by atoms with van der Waals surface area (Å²) in [5, 5.41) is 15.7. The first kappa shape index (κ1) is 13.4. The second-order valence-electron chi connectivity index (χ2n) is 3.88. The van der Waals surface area contributed by atoms with Crippen LogP contribution >= 0.6 is 0 Å². The van der Waals surface area contributed by atoms with Crippen molar-refractivity contribution < 1.29 is 5.11 Å². The number of aryl methyl sites for hydroxylation is 1. The predicted molar refractivity (Wildman–Crippen MR) is 64.1 cm³/mol. The van der Waals surface area contributed by atoms with Crippen LogP contribution in [0.4, 0.5) is 5.82 Å². The van der Waals surface area contributed by atoms with Crippen LogP contribution in [0.5, 0.6) is 0 Å². The van der Waals surface area contributed by atoms with Crippen molar-refractivity contribution in [3.63, 3.8) is 0 Å². The van der Waals surface area contributed by atoms with Crippen LogP contribution in [0, 0.1) is 0 Å². The number of aromatic nitrogens is 3. The Morgan fingerprint density at radius 1 is 1.41 bits per heavy atom. The number of aliphatic hydroxyl groups excluding tert-OH is 1. The average molecular weight is 242 g/mol. The molecule has 1 aromatic rings. The second-order valence-corrected chi connectivity index (χ2v) is 3.88. The van der Waals surface area contributed by atoms with E-state index in [2.05, 4.69) is 10.4 Å². The Morgan fingerprint density at radius 2 is 2.06 bits per heavy atom. The first-order valence-electron chi connectivity index (χ1n) is 5.53. The molecule has 0 saturated heterocycles. The summed E-state index contributed by atoms with van der Waals surface area (Å²) < 4.78 is 2.11. The molecule has 7 heteroatoms. The molecule has 1 atom stereocenters. The van der Waals surface area contributed by atoms with E-state index in [9.17, 15) is 9.59 Å². The summed E-state index contributed by atoms with van der Waals surface area (Å²) in [6.45, 7) is 1.98. The lowest BCUT2D eigenvalue weighted by atomic mass is 10.1. The molecule has 96 valence electrons. The predicted octanol–water partition coefficient (Wildman–Crippen LogP) is -0.948. The summed E-state index contributed by atoms with van der Waals surface area (Å²) in [6.07, 6.45) is 1.29. The topological polar surface area (TPSA) is 89.2 Å². The maximum Gasteiger partial charge on any atom is 0.346 e. The lowest BCUT2D eigenvalue weighted by Gasteiger charge is -2.16. The minimum absolute atomic E-state index is 0.0299. The molecule has 7 nitrogen and oxygen atoms in total. The molecule has 1 aromatic heterocycles. The molecule has 1 unspecified atom stereocenters. The number of hydrogen-bond acceptors (Lipinski definition) is 5. The van der Waals surface area contributed by atoms with Gasteiger partial charge >= 0.3 is 5.69 Å². The minimum Gasteiger partial charge on any atom is -0.396 e. The molecule has 0 aliphatic heterocycles. The fourth-order valence-electron chi connectivity index (χ4n) is 1.52. The fourth-order valence-corrected chi connectivity index (χ4v) is 1.52. The molecule has 0 bridgehead atoms. The molecule has 0 radical (unpaired) electrons. The molecule has 17 heavy (non-hydrogen) atoms. The lowest BCUT2D eigenvalue weighted by molar-refractivity contribution is 0.278. The zero-order valence-corrected chi connectivity index (χ0v) is 10.3. The van der Waals surface area contributed by atoms with Crippen LogP contribution in [-0.4, -0.2) is 32.1 Å². The number of nitrogens with zero attached hydrogens (tertiary/aromatic N) is 3. The summed E-state index contributed by atoms with van der Waals surface area (Å²) in [6, 6.07) is -0.0299. The third-order valence-electron chi connectivity index (χ3n) is 2.63. The van der Waals surface area contributed by atoms with Gasteiger partial charge in [-0.05, 0) is 12.8 Å². The largest absolute Gasteiger partial charge is 0.396 e. The van der Waals surface area contributed by atoms with Crippen molar-refractivity contribution in [2.45, 2.75) is 25.8 Å². The minimum atomic E-state index is -0.462. The van der Waals surface area contributed by atoms with Gasteiger partial charge in [-0.15, -0.1) is 5.10 Å². The Bertz CT molecular complexity index is 491. The quantitative estimate of drug-likeness (QED) is 0.695. The number of anilines is 1. The Hall–Kier alpha value is -1.63. The highest BCUT2D eigenvalue weighted by atomic mass is 16.3. The van der Waals surface area contributed by atoms with Crippen LogP contribution in [0.25, 0.3) is 0 Å². The van der Waals surface area contributed by atoms with Crippen LogP contribution in [0.15, 0.2) is 9.59 Å². The summed E-state index contributed by atoms with van der Waals surface area (Å²) in [4.78, 5) is 23.2. The van der Waals surface area contributed by atoms with Crippen molar-refractivity contribution in [2.75, 3.05) is 11.9 Å². The lowest BCUT2D eigenvalue weighted by Crippen LogP contribution is -2.41. The van der Waals surface area contributed by atoms with Gasteiger partial charge < -0.3 is 10.4 Å². The van der Waals surface area contributed by atoms with E-state index in [1.165, 1.54) is 14.1 Å². The van der Waals surface area contributed by atoms with E-state index in [-0.39, 0.29) is 18.5 Å². The molecule has 0 aromatic carbocycles. The van der Waals surface area contributed by atoms with E-state index < -0.39 is 11.2 Å². The highest BCUT2D eigenvalue weighted by Gasteiger charge is 2.12. The molecule has 0 fully saturated rings. The van der Waals surface area contributed by atoms with E-state index in [1.54, 1.807) is 0 Å². The van der Waals surface area contributed by atoms with Crippen LogP contribution in [0.2, 0.25) is 0 Å². The smallest absolute Gasteiger partial charge is 0.346 e. The van der Waals surface area contributed by atoms with Gasteiger partial charge in [-0.25, -0.2) is 9.48 Å². The van der Waals surface area contributed by atoms with Gasteiger partial charge in [0, 0.05) is 26.7 Å². The number of hydrogen-bond donors (Lipinski definition) is 2. The zero-order valence-electron chi connectivity index (χ0n) is 10.3. The maximum absolute atomic E-state index is 11.8. The molecular formula is C10H18N4O3. The molecule has 2 N–H and O–H groups in total. The van der Waals surface area contributed by atoms with Gasteiger partial charge in [-0.1, -0.05) is 6.92 Å². The van der Waals surface area contributed by atoms with Crippen LogP contribution in [-0.2, 0) is 14.1 Å². The van der Waals surface area contributed by atoms with Crippen LogP contribution in [0.1, 0.15) is 19.8 Å².